The summed E-state index contributed by atoms with van der Waals surface area (Å²) in [5, 5.41) is 3.02. The summed E-state index contributed by atoms with van der Waals surface area (Å²) in [6.07, 6.45) is 0.674. The van der Waals surface area contributed by atoms with Crippen molar-refractivity contribution < 1.29 is 21.3 Å². The first-order valence-electron chi connectivity index (χ1n) is 6.63. The van der Waals surface area contributed by atoms with Crippen LogP contribution in [0.25, 0.3) is 0 Å². The Morgan fingerprint density at radius 3 is 2.67 bits per heavy atom. The molecule has 1 aliphatic rings. The van der Waals surface area contributed by atoms with E-state index in [0.717, 1.165) is 4.31 Å². The molecule has 0 radical (unpaired) electrons. The topological polar surface area (TPSA) is 96.7 Å². The van der Waals surface area contributed by atoms with Gasteiger partial charge in [0.25, 0.3) is 10.0 Å². The van der Waals surface area contributed by atoms with Gasteiger partial charge >= 0.3 is 0 Å². The summed E-state index contributed by atoms with van der Waals surface area (Å²) in [5.74, 6) is 1.11. The van der Waals surface area contributed by atoms with Crippen LogP contribution in [0.2, 0.25) is 0 Å². The molecule has 7 nitrogen and oxygen atoms in total. The van der Waals surface area contributed by atoms with Crippen molar-refractivity contribution in [2.24, 2.45) is 5.92 Å². The third-order valence-electron chi connectivity index (χ3n) is 3.43. The molecule has 1 N–H and O–H groups in total. The van der Waals surface area contributed by atoms with Gasteiger partial charge in [-0.15, -0.1) is 0 Å². The van der Waals surface area contributed by atoms with E-state index in [1.807, 2.05) is 0 Å². The number of nitrogens with zero attached hydrogens (tertiary/aromatic N) is 1. The molecule has 0 aromatic carbocycles. The van der Waals surface area contributed by atoms with Crippen LogP contribution in [-0.2, 0) is 26.4 Å². The second-order valence-corrected chi connectivity index (χ2v) is 9.72. The highest BCUT2D eigenvalue weighted by Gasteiger charge is 2.27. The van der Waals surface area contributed by atoms with Gasteiger partial charge < -0.3 is 9.73 Å². The van der Waals surface area contributed by atoms with Crippen LogP contribution >= 0.6 is 0 Å². The molecular weight excluding hydrogens is 316 g/mol. The molecule has 1 unspecified atom stereocenters. The Labute approximate surface area is 125 Å². The highest BCUT2D eigenvalue weighted by molar-refractivity contribution is 7.91. The molecule has 0 spiro atoms. The van der Waals surface area contributed by atoms with E-state index >= 15 is 0 Å². The number of hydrogen-bond acceptors (Lipinski definition) is 6. The van der Waals surface area contributed by atoms with E-state index in [-0.39, 0.29) is 22.5 Å². The van der Waals surface area contributed by atoms with E-state index in [0.29, 0.717) is 25.3 Å². The highest BCUT2D eigenvalue weighted by Crippen LogP contribution is 2.19. The highest BCUT2D eigenvalue weighted by atomic mass is 32.2. The molecular formula is C12H20N2O5S2. The number of hydrogen-bond donors (Lipinski definition) is 1. The third kappa shape index (κ3) is 4.06. The molecule has 0 bridgehead atoms. The molecule has 2 heterocycles. The van der Waals surface area contributed by atoms with Gasteiger partial charge in [0.2, 0.25) is 5.09 Å². The van der Waals surface area contributed by atoms with Crippen molar-refractivity contribution in [3.05, 3.63) is 17.9 Å². The minimum atomic E-state index is -3.55. The Morgan fingerprint density at radius 2 is 2.10 bits per heavy atom. The molecule has 21 heavy (non-hydrogen) atoms. The Bertz CT molecular complexity index is 691. The fourth-order valence-electron chi connectivity index (χ4n) is 2.20. The molecule has 120 valence electrons. The van der Waals surface area contributed by atoms with Crippen molar-refractivity contribution in [3.8, 4) is 0 Å². The molecule has 0 saturated carbocycles. The monoisotopic (exact) mass is 336 g/mol. The Morgan fingerprint density at radius 1 is 1.38 bits per heavy atom. The summed E-state index contributed by atoms with van der Waals surface area (Å²) in [7, 11) is -3.53. The van der Waals surface area contributed by atoms with E-state index in [9.17, 15) is 16.8 Å². The predicted octanol–water partition coefficient (Wildman–Crippen LogP) is 0.0542. The summed E-state index contributed by atoms with van der Waals surface area (Å²) in [6, 6.07) is 3.03. The Balaban J connectivity index is 1.87. The maximum Gasteiger partial charge on any atom is 0.275 e. The zero-order chi connectivity index (χ0) is 15.7. The summed E-state index contributed by atoms with van der Waals surface area (Å²) in [6.45, 7) is 0.954. The summed E-state index contributed by atoms with van der Waals surface area (Å²) < 4.78 is 52.8. The van der Waals surface area contributed by atoms with E-state index in [1.54, 1.807) is 6.07 Å². The first-order valence-corrected chi connectivity index (χ1v) is 9.89. The molecule has 1 aromatic rings. The van der Waals surface area contributed by atoms with Gasteiger partial charge in [-0.3, -0.25) is 0 Å². The maximum atomic E-state index is 11.8. The zero-order valence-corrected chi connectivity index (χ0v) is 13.7. The van der Waals surface area contributed by atoms with Crippen molar-refractivity contribution in [1.29, 1.82) is 0 Å². The SMILES string of the molecule is CN(C)S(=O)(=O)c1ccc(CNCC2CCS(=O)(=O)C2)o1. The molecule has 1 atom stereocenters. The molecule has 0 amide bonds. The second kappa shape index (κ2) is 6.07. The van der Waals surface area contributed by atoms with Crippen molar-refractivity contribution >= 4 is 19.9 Å². The number of rotatable bonds is 6. The largest absolute Gasteiger partial charge is 0.447 e. The first-order chi connectivity index (χ1) is 9.71. The number of nitrogens with one attached hydrogen (secondary N) is 1. The molecule has 0 aliphatic carbocycles. The van der Waals surface area contributed by atoms with Gasteiger partial charge in [0.15, 0.2) is 9.84 Å². The molecule has 2 rings (SSSR count). The van der Waals surface area contributed by atoms with Crippen molar-refractivity contribution in [3.63, 3.8) is 0 Å². The minimum Gasteiger partial charge on any atom is -0.447 e. The molecule has 9 heteroatoms. The fourth-order valence-corrected chi connectivity index (χ4v) is 4.88. The number of sulfone groups is 1. The van der Waals surface area contributed by atoms with Gasteiger partial charge in [-0.05, 0) is 31.0 Å². The van der Waals surface area contributed by atoms with Gasteiger partial charge in [0.1, 0.15) is 5.76 Å². The average Bonchev–Trinajstić information content (AvgIpc) is 2.96. The van der Waals surface area contributed by atoms with Crippen LogP contribution in [-0.4, -0.2) is 53.3 Å². The lowest BCUT2D eigenvalue weighted by Gasteiger charge is -2.09. The summed E-state index contributed by atoms with van der Waals surface area (Å²) in [4.78, 5) is 0. The average molecular weight is 336 g/mol. The van der Waals surface area contributed by atoms with Crippen LogP contribution in [0, 0.1) is 5.92 Å². The molecule has 1 aliphatic heterocycles. The van der Waals surface area contributed by atoms with E-state index in [2.05, 4.69) is 5.32 Å². The summed E-state index contributed by atoms with van der Waals surface area (Å²) >= 11 is 0. The lowest BCUT2D eigenvalue weighted by atomic mass is 10.1. The van der Waals surface area contributed by atoms with Crippen LogP contribution in [0.15, 0.2) is 21.6 Å². The lowest BCUT2D eigenvalue weighted by molar-refractivity contribution is 0.383. The molecule has 1 fully saturated rings. The summed E-state index contributed by atoms with van der Waals surface area (Å²) in [5.41, 5.74) is 0. The third-order valence-corrected chi connectivity index (χ3v) is 6.96. The maximum absolute atomic E-state index is 11.8. The Hall–Kier alpha value is -0.900. The zero-order valence-electron chi connectivity index (χ0n) is 12.1. The van der Waals surface area contributed by atoms with Crippen LogP contribution in [0.4, 0.5) is 0 Å². The lowest BCUT2D eigenvalue weighted by Crippen LogP contribution is -2.23. The normalized spacial score (nSPS) is 22.0. The fraction of sp³-hybridized carbons (Fsp3) is 0.667. The van der Waals surface area contributed by atoms with Crippen molar-refractivity contribution in [2.75, 3.05) is 32.1 Å². The van der Waals surface area contributed by atoms with Gasteiger partial charge in [0.05, 0.1) is 18.1 Å². The van der Waals surface area contributed by atoms with Crippen LogP contribution in [0.3, 0.4) is 0 Å². The predicted molar refractivity (Wildman–Crippen MR) is 78.0 cm³/mol. The van der Waals surface area contributed by atoms with Gasteiger partial charge in [0, 0.05) is 14.1 Å². The van der Waals surface area contributed by atoms with Crippen LogP contribution in [0.5, 0.6) is 0 Å². The van der Waals surface area contributed by atoms with Crippen LogP contribution in [0.1, 0.15) is 12.2 Å². The molecule has 1 aromatic heterocycles. The smallest absolute Gasteiger partial charge is 0.275 e. The Kier molecular flexibility index (Phi) is 4.76. The van der Waals surface area contributed by atoms with Gasteiger partial charge in [-0.1, -0.05) is 0 Å². The number of furan rings is 1. The van der Waals surface area contributed by atoms with Gasteiger partial charge in [-0.25, -0.2) is 21.1 Å². The number of sulfonamides is 1. The van der Waals surface area contributed by atoms with Crippen molar-refractivity contribution in [1.82, 2.24) is 9.62 Å². The van der Waals surface area contributed by atoms with Crippen LogP contribution < -0.4 is 5.32 Å². The minimum absolute atomic E-state index is 0.0901. The van der Waals surface area contributed by atoms with E-state index < -0.39 is 19.9 Å². The van der Waals surface area contributed by atoms with E-state index in [4.69, 9.17) is 4.42 Å². The standard InChI is InChI=1S/C12H20N2O5S2/c1-14(2)21(17,18)12-4-3-11(19-12)8-13-7-10-5-6-20(15,16)9-10/h3-4,10,13H,5-9H2,1-2H3. The first kappa shape index (κ1) is 16.5. The second-order valence-electron chi connectivity index (χ2n) is 5.41. The quantitative estimate of drug-likeness (QED) is 0.789. The van der Waals surface area contributed by atoms with Gasteiger partial charge in [-0.2, -0.15) is 0 Å². The van der Waals surface area contributed by atoms with E-state index in [1.165, 1.54) is 20.2 Å². The van der Waals surface area contributed by atoms with Crippen molar-refractivity contribution in [2.45, 2.75) is 18.1 Å². The molecule has 1 saturated heterocycles.